The Hall–Kier alpha value is -6.20. The number of esters is 8. The molecule has 2 aromatic rings. The van der Waals surface area contributed by atoms with E-state index in [1.165, 1.54) is 41.5 Å². The van der Waals surface area contributed by atoms with E-state index in [9.17, 15) is 38.4 Å². The summed E-state index contributed by atoms with van der Waals surface area (Å²) in [4.78, 5) is 104. The van der Waals surface area contributed by atoms with E-state index in [1.54, 1.807) is 81.4 Å². The monoisotopic (exact) mass is 1310 g/mol. The van der Waals surface area contributed by atoms with Crippen LogP contribution >= 0.6 is 0 Å². The Balaban J connectivity index is 1.18. The number of rotatable bonds is 26. The Labute approximate surface area is 543 Å². The maximum atomic E-state index is 14.4. The molecule has 5 fully saturated rings. The number of hydrogen-bond acceptors (Lipinski definition) is 26. The summed E-state index contributed by atoms with van der Waals surface area (Å²) in [6, 6.07) is 16.4. The zero-order valence-electron chi connectivity index (χ0n) is 56.0. The lowest BCUT2D eigenvalue weighted by molar-refractivity contribution is -0.315. The fraction of sp³-hybridized carbons (Fsp3) is 0.701. The molecule has 0 spiro atoms. The van der Waals surface area contributed by atoms with Gasteiger partial charge in [-0.15, -0.1) is 0 Å². The van der Waals surface area contributed by atoms with Gasteiger partial charge in [0, 0.05) is 71.1 Å². The van der Waals surface area contributed by atoms with Crippen molar-refractivity contribution in [1.82, 2.24) is 0 Å². The first-order chi connectivity index (χ1) is 44.0. The second-order valence-corrected chi connectivity index (χ2v) is 25.3. The summed E-state index contributed by atoms with van der Waals surface area (Å²) >= 11 is 0. The Morgan fingerprint density at radius 1 is 0.398 bits per heavy atom. The summed E-state index contributed by atoms with van der Waals surface area (Å²) in [6.07, 6.45) is -17.5. The molecule has 5 heterocycles. The van der Waals surface area contributed by atoms with E-state index in [0.717, 1.165) is 0 Å². The highest BCUT2D eigenvalue weighted by Crippen LogP contribution is 2.41. The summed E-state index contributed by atoms with van der Waals surface area (Å²) in [7, 11) is 0. The minimum atomic E-state index is -1.46. The van der Waals surface area contributed by atoms with Gasteiger partial charge in [-0.2, -0.15) is 0 Å². The van der Waals surface area contributed by atoms with Gasteiger partial charge in [-0.3, -0.25) is 28.8 Å². The van der Waals surface area contributed by atoms with E-state index in [4.69, 9.17) is 85.3 Å². The predicted molar refractivity (Wildman–Crippen MR) is 322 cm³/mol. The largest absolute Gasteiger partial charge is 0.463 e. The van der Waals surface area contributed by atoms with Gasteiger partial charge >= 0.3 is 47.8 Å². The van der Waals surface area contributed by atoms with E-state index >= 15 is 0 Å². The first kappa shape index (κ1) is 74.2. The molecule has 0 radical (unpaired) electrons. The number of hydrogen-bond donors (Lipinski definition) is 0. The molecule has 26 heteroatoms. The van der Waals surface area contributed by atoms with Crippen LogP contribution in [-0.2, 0) is 114 Å². The Morgan fingerprint density at radius 2 is 0.763 bits per heavy atom. The molecule has 26 nitrogen and oxygen atoms in total. The summed E-state index contributed by atoms with van der Waals surface area (Å²) in [5.74, 6) is -9.43. The summed E-state index contributed by atoms with van der Waals surface area (Å²) in [5, 5.41) is 0. The number of benzene rings is 2. The minimum absolute atomic E-state index is 0.0540. The molecular weight excluding hydrogens is 1220 g/mol. The lowest BCUT2D eigenvalue weighted by Gasteiger charge is -2.46. The van der Waals surface area contributed by atoms with Gasteiger partial charge in [-0.05, 0) is 56.4 Å². The Morgan fingerprint density at radius 3 is 1.24 bits per heavy atom. The molecule has 5 saturated heterocycles. The van der Waals surface area contributed by atoms with E-state index in [2.05, 4.69) is 0 Å². The molecule has 93 heavy (non-hydrogen) atoms. The molecule has 0 unspecified atom stereocenters. The Kier molecular flexibility index (Phi) is 26.7. The van der Waals surface area contributed by atoms with E-state index in [-0.39, 0.29) is 48.2 Å². The fourth-order valence-electron chi connectivity index (χ4n) is 12.5. The SMILES string of the molecule is CC[C@H]1O[C@@H](OC[C@H]2O[C@@H](OC[C@@H](OC(=O)c3ccccc3)[C@H]3OC(C)(C)O[C@@H]3[C@@H](CO[C@@H]3O[C@H](CO[C@@H]4O[C@H](COC(C)=O)[C@@H](OC(C)=O)[C@H](OC(C)=O)[C@H]4C)[C@@H](OC(C)=O)[C@H](C)[C@H]3C)OC(=O)c3ccccc3)[C@H](OC(C)=O)[C@@H](C)[C@@H]2C)[C@H](OC(C)=O)[C@@H](C)[C@@H]1C. The van der Waals surface area contributed by atoms with Gasteiger partial charge in [0.15, 0.2) is 61.5 Å². The first-order valence-corrected chi connectivity index (χ1v) is 31.9. The van der Waals surface area contributed by atoms with Crippen molar-refractivity contribution in [3.63, 3.8) is 0 Å². The molecule has 0 saturated carbocycles. The molecular formula is C67H94O26. The Bertz CT molecular complexity index is 2820. The number of carbonyl (C=O) groups is 8. The molecule has 5 aliphatic rings. The first-order valence-electron chi connectivity index (χ1n) is 31.9. The lowest BCUT2D eigenvalue weighted by Crippen LogP contribution is -2.59. The normalized spacial score (nSPS) is 34.8. The molecule has 0 N–H and O–H groups in total. The summed E-state index contributed by atoms with van der Waals surface area (Å²) in [5.41, 5.74) is 0.350. The van der Waals surface area contributed by atoms with Crippen LogP contribution in [0.2, 0.25) is 0 Å². The molecule has 0 aromatic heterocycles. The van der Waals surface area contributed by atoms with Crippen molar-refractivity contribution in [3.05, 3.63) is 71.8 Å². The lowest BCUT2D eigenvalue weighted by atomic mass is 9.82. The quantitative estimate of drug-likeness (QED) is 0.0675. The summed E-state index contributed by atoms with van der Waals surface area (Å²) in [6.45, 7) is 24.1. The second kappa shape index (κ2) is 33.5. The van der Waals surface area contributed by atoms with Gasteiger partial charge in [0.2, 0.25) is 0 Å². The topological polar surface area (TPSA) is 303 Å². The highest BCUT2D eigenvalue weighted by atomic mass is 16.8. The summed E-state index contributed by atoms with van der Waals surface area (Å²) < 4.78 is 112. The highest BCUT2D eigenvalue weighted by molar-refractivity contribution is 5.90. The molecule has 518 valence electrons. The van der Waals surface area contributed by atoms with Crippen molar-refractivity contribution < 1.29 is 124 Å². The van der Waals surface area contributed by atoms with Crippen LogP contribution in [0.1, 0.15) is 138 Å². The van der Waals surface area contributed by atoms with Crippen LogP contribution in [0.4, 0.5) is 0 Å². The minimum Gasteiger partial charge on any atom is -0.463 e. The van der Waals surface area contributed by atoms with Crippen LogP contribution in [0, 0.1) is 41.4 Å². The van der Waals surface area contributed by atoms with Gasteiger partial charge in [0.25, 0.3) is 0 Å². The third-order valence-electron chi connectivity index (χ3n) is 17.9. The zero-order valence-corrected chi connectivity index (χ0v) is 56.0. The van der Waals surface area contributed by atoms with Crippen molar-refractivity contribution in [2.75, 3.05) is 33.0 Å². The van der Waals surface area contributed by atoms with Crippen molar-refractivity contribution in [2.45, 2.75) is 227 Å². The molecule has 5 aliphatic heterocycles. The smallest absolute Gasteiger partial charge is 0.338 e. The molecule has 2 aromatic carbocycles. The highest BCUT2D eigenvalue weighted by Gasteiger charge is 2.55. The maximum Gasteiger partial charge on any atom is 0.338 e. The van der Waals surface area contributed by atoms with Gasteiger partial charge in [0.05, 0.1) is 49.8 Å². The van der Waals surface area contributed by atoms with Gasteiger partial charge < -0.3 is 85.3 Å². The van der Waals surface area contributed by atoms with Crippen LogP contribution in [0.15, 0.2) is 60.7 Å². The third kappa shape index (κ3) is 19.7. The van der Waals surface area contributed by atoms with Gasteiger partial charge in [-0.25, -0.2) is 9.59 Å². The van der Waals surface area contributed by atoms with Crippen molar-refractivity contribution in [3.8, 4) is 0 Å². The van der Waals surface area contributed by atoms with Crippen molar-refractivity contribution in [1.29, 1.82) is 0 Å². The molecule has 24 atom stereocenters. The molecule has 0 amide bonds. The van der Waals surface area contributed by atoms with Crippen LogP contribution in [0.5, 0.6) is 0 Å². The van der Waals surface area contributed by atoms with Crippen molar-refractivity contribution in [2.24, 2.45) is 41.4 Å². The molecule has 7 rings (SSSR count). The molecule has 0 aliphatic carbocycles. The van der Waals surface area contributed by atoms with Gasteiger partial charge in [-0.1, -0.05) is 91.8 Å². The number of carbonyl (C=O) groups excluding carboxylic acids is 8. The van der Waals surface area contributed by atoms with Crippen LogP contribution in [-0.4, -0.2) is 191 Å². The maximum absolute atomic E-state index is 14.4. The van der Waals surface area contributed by atoms with Gasteiger partial charge in [0.1, 0.15) is 43.2 Å². The zero-order chi connectivity index (χ0) is 68.2. The average Bonchev–Trinajstić information content (AvgIpc) is 1.78. The van der Waals surface area contributed by atoms with Crippen LogP contribution < -0.4 is 0 Å². The molecule has 0 bridgehead atoms. The van der Waals surface area contributed by atoms with Crippen LogP contribution in [0.3, 0.4) is 0 Å². The van der Waals surface area contributed by atoms with E-state index in [1.807, 2.05) is 48.5 Å². The standard InChI is InChI=1S/C67H94O26/c1-17-48-33(2)35(4)56(83-43(12)71)65(88-48)79-28-49-34(3)36(5)57(84-44(13)72)66(89-49)80-32-53(87-62(75)47-26-22-19-23-27-47)60-59(92-67(15,16)93-60)52(86-61(74)46-24-20-18-21-25-46)31-77-63-38(7)37(6)54(81-41(10)69)50(90-63)30-78-64-39(8)55(82-42(11)70)58(85-45(14)73)51(91-64)29-76-40(9)68/h18-27,33-39,48-60,63-66H,17,28-32H2,1-16H3/t33-,34-,35-,36-,37+,38+,39+,48+,49+,50+,51+,52+,53+,54-,55+,56+,57+,58+,59+,60+,63+,64+,65+,66+/m0/s1. The van der Waals surface area contributed by atoms with Crippen LogP contribution in [0.25, 0.3) is 0 Å². The van der Waals surface area contributed by atoms with Crippen molar-refractivity contribution >= 4 is 47.8 Å². The predicted octanol–water partition coefficient (Wildman–Crippen LogP) is 7.01. The second-order valence-electron chi connectivity index (χ2n) is 25.3. The fourth-order valence-corrected chi connectivity index (χ4v) is 12.5. The number of ether oxygens (including phenoxy) is 18. The van der Waals surface area contributed by atoms with E-state index < -0.39 is 195 Å². The van der Waals surface area contributed by atoms with E-state index in [0.29, 0.717) is 6.42 Å². The third-order valence-corrected chi connectivity index (χ3v) is 17.9. The average molecular weight is 1320 g/mol.